The molecular formula is C50H77NO17. The molecule has 0 amide bonds. The summed E-state index contributed by atoms with van der Waals surface area (Å²) in [6, 6.07) is -1.12. The van der Waals surface area contributed by atoms with E-state index in [1.807, 2.05) is 49.5 Å². The number of methoxy groups -OCH3 is 1. The number of hydrogen-bond acceptors (Lipinski definition) is 18. The molecule has 0 aromatic rings. The molecule has 2 bridgehead atoms. The van der Waals surface area contributed by atoms with E-state index in [1.54, 1.807) is 63.3 Å². The minimum absolute atomic E-state index is 0.0894. The van der Waals surface area contributed by atoms with Gasteiger partial charge >= 0.3 is 11.9 Å². The molecule has 0 unspecified atom stereocenters. The molecule has 3 aliphatic rings. The van der Waals surface area contributed by atoms with E-state index in [0.717, 1.165) is 6.08 Å². The number of hydrogen-bond donors (Lipinski definition) is 11. The fourth-order valence-corrected chi connectivity index (χ4v) is 8.18. The highest BCUT2D eigenvalue weighted by Crippen LogP contribution is 2.38. The van der Waals surface area contributed by atoms with E-state index in [2.05, 4.69) is 0 Å². The van der Waals surface area contributed by atoms with Gasteiger partial charge in [-0.25, -0.2) is 4.79 Å². The molecule has 18 heteroatoms. The van der Waals surface area contributed by atoms with Crippen LogP contribution in [0.4, 0.5) is 0 Å². The number of aliphatic hydroxyl groups is 10. The number of carbonyl (C=O) groups excluding carboxylic acids is 2. The number of esters is 2. The molecule has 18 nitrogen and oxygen atoms in total. The van der Waals surface area contributed by atoms with Gasteiger partial charge in [0.05, 0.1) is 86.7 Å². The number of carbonyl (C=O) groups is 2. The van der Waals surface area contributed by atoms with Crippen molar-refractivity contribution in [2.45, 2.75) is 177 Å². The Kier molecular flexibility index (Phi) is 25.4. The lowest BCUT2D eigenvalue weighted by Crippen LogP contribution is -2.61. The lowest BCUT2D eigenvalue weighted by molar-refractivity contribution is -0.306. The maximum atomic E-state index is 12.7. The first-order valence-electron chi connectivity index (χ1n) is 23.4. The van der Waals surface area contributed by atoms with Crippen LogP contribution in [0.3, 0.4) is 0 Å². The van der Waals surface area contributed by atoms with Gasteiger partial charge in [-0.2, -0.15) is 0 Å². The van der Waals surface area contributed by atoms with E-state index in [-0.39, 0.29) is 31.6 Å². The summed E-state index contributed by atoms with van der Waals surface area (Å²) < 4.78 is 28.4. The molecule has 384 valence electrons. The van der Waals surface area contributed by atoms with Gasteiger partial charge < -0.3 is 80.5 Å². The van der Waals surface area contributed by atoms with Crippen LogP contribution in [0.1, 0.15) is 79.1 Å². The van der Waals surface area contributed by atoms with Crippen molar-refractivity contribution in [1.29, 1.82) is 0 Å². The number of allylic oxidation sites excluding steroid dienone is 12. The molecule has 3 heterocycles. The molecule has 0 spiro atoms. The maximum absolute atomic E-state index is 12.7. The molecule has 12 N–H and O–H groups in total. The van der Waals surface area contributed by atoms with Gasteiger partial charge in [-0.05, 0) is 33.1 Å². The van der Waals surface area contributed by atoms with Gasteiger partial charge in [-0.3, -0.25) is 4.79 Å². The zero-order valence-electron chi connectivity index (χ0n) is 39.7. The molecule has 3 rings (SSSR count). The number of fused-ring (bicyclic) bond motifs is 2. The van der Waals surface area contributed by atoms with Crippen LogP contribution < -0.4 is 5.73 Å². The molecule has 3 aliphatic heterocycles. The summed E-state index contributed by atoms with van der Waals surface area (Å²) in [5.74, 6) is -5.33. The van der Waals surface area contributed by atoms with Crippen molar-refractivity contribution in [3.8, 4) is 0 Å². The number of aliphatic hydroxyl groups excluding tert-OH is 9. The summed E-state index contributed by atoms with van der Waals surface area (Å²) in [5.41, 5.74) is 6.08. The van der Waals surface area contributed by atoms with Gasteiger partial charge in [0.1, 0.15) is 12.2 Å². The van der Waals surface area contributed by atoms with Gasteiger partial charge in [-0.1, -0.05) is 105 Å². The monoisotopic (exact) mass is 964 g/mol. The average Bonchev–Trinajstić information content (AvgIpc) is 3.27. The molecule has 0 aromatic heterocycles. The molecule has 19 atom stereocenters. The van der Waals surface area contributed by atoms with Crippen LogP contribution in [0.15, 0.2) is 97.2 Å². The Morgan fingerprint density at radius 1 is 0.691 bits per heavy atom. The van der Waals surface area contributed by atoms with E-state index in [4.69, 9.17) is 29.4 Å². The van der Waals surface area contributed by atoms with Crippen LogP contribution in [0.25, 0.3) is 0 Å². The topological polar surface area (TPSA) is 309 Å². The number of cyclic esters (lactones) is 1. The third-order valence-corrected chi connectivity index (χ3v) is 12.5. The van der Waals surface area contributed by atoms with E-state index >= 15 is 0 Å². The second-order valence-electron chi connectivity index (χ2n) is 18.2. The third-order valence-electron chi connectivity index (χ3n) is 12.5. The van der Waals surface area contributed by atoms with Crippen molar-refractivity contribution < 1.29 is 84.3 Å². The lowest BCUT2D eigenvalue weighted by Gasteiger charge is -2.46. The zero-order chi connectivity index (χ0) is 50.6. The highest BCUT2D eigenvalue weighted by atomic mass is 16.7. The number of nitrogens with two attached hydrogens (primary N) is 1. The fraction of sp³-hybridized carbons (Fsp3) is 0.640. The minimum atomic E-state index is -2.21. The molecule has 0 saturated carbocycles. The van der Waals surface area contributed by atoms with E-state index in [9.17, 15) is 60.7 Å². The number of ether oxygens (including phenoxy) is 5. The van der Waals surface area contributed by atoms with Crippen LogP contribution >= 0.6 is 0 Å². The largest absolute Gasteiger partial charge is 0.466 e. The predicted octanol–water partition coefficient (Wildman–Crippen LogP) is 1.36. The molecule has 0 aliphatic carbocycles. The first-order valence-corrected chi connectivity index (χ1v) is 23.4. The van der Waals surface area contributed by atoms with Crippen molar-refractivity contribution in [2.24, 2.45) is 23.5 Å². The Balaban J connectivity index is 1.91. The normalized spacial score (nSPS) is 40.8. The lowest BCUT2D eigenvalue weighted by atomic mass is 9.82. The molecule has 68 heavy (non-hydrogen) atoms. The van der Waals surface area contributed by atoms with Crippen LogP contribution in [-0.4, -0.2) is 168 Å². The SMILES string of the molecule is COC(=O)/C=C/[C@H]1[C@@H]2C[C@@H](O[C@@H]3O[C@H](C)[C@@H](O)[C@H](N)[C@@H]3O)C=CC=CC=CC=CC=CC=CC=C[C@H](C)[C@@H](O)[C@@H](C)[C@H](C)OC(=O)C[C@H](O)C[C@H](O)CC[C@@H](O)[C@H](O)C[C@H](O)C[C@](O)(C[C@@H]1O)O2. The fourth-order valence-electron chi connectivity index (χ4n) is 8.18. The van der Waals surface area contributed by atoms with Crippen LogP contribution in [0, 0.1) is 17.8 Å². The van der Waals surface area contributed by atoms with Gasteiger partial charge in [0.2, 0.25) is 0 Å². The average molecular weight is 964 g/mol. The van der Waals surface area contributed by atoms with Crippen molar-refractivity contribution in [2.75, 3.05) is 7.11 Å². The first-order chi connectivity index (χ1) is 32.1. The van der Waals surface area contributed by atoms with Gasteiger partial charge in [0.25, 0.3) is 0 Å². The van der Waals surface area contributed by atoms with Crippen molar-refractivity contribution in [3.05, 3.63) is 97.2 Å². The van der Waals surface area contributed by atoms with Gasteiger partial charge in [-0.15, -0.1) is 0 Å². The summed E-state index contributed by atoms with van der Waals surface area (Å²) in [6.07, 6.45) is 8.01. The van der Waals surface area contributed by atoms with Crippen LogP contribution in [-0.2, 0) is 33.3 Å². The summed E-state index contributed by atoms with van der Waals surface area (Å²) in [7, 11) is 1.18. The third kappa shape index (κ3) is 20.0. The Morgan fingerprint density at radius 2 is 1.28 bits per heavy atom. The molecular weight excluding hydrogens is 887 g/mol. The quantitative estimate of drug-likeness (QED) is 0.140. The predicted molar refractivity (Wildman–Crippen MR) is 251 cm³/mol. The highest BCUT2D eigenvalue weighted by Gasteiger charge is 2.48. The van der Waals surface area contributed by atoms with E-state index in [0.29, 0.717) is 0 Å². The second-order valence-corrected chi connectivity index (χ2v) is 18.2. The molecule has 2 fully saturated rings. The minimum Gasteiger partial charge on any atom is -0.466 e. The Labute approximate surface area is 399 Å². The zero-order valence-corrected chi connectivity index (χ0v) is 39.7. The smallest absolute Gasteiger partial charge is 0.330 e. The number of rotatable bonds is 4. The Hall–Kier alpha value is -3.70. The highest BCUT2D eigenvalue weighted by molar-refractivity contribution is 5.81. The summed E-state index contributed by atoms with van der Waals surface area (Å²) in [6.45, 7) is 6.80. The summed E-state index contributed by atoms with van der Waals surface area (Å²) in [5, 5.41) is 109. The van der Waals surface area contributed by atoms with Gasteiger partial charge in [0.15, 0.2) is 12.1 Å². The molecule has 2 saturated heterocycles. The van der Waals surface area contributed by atoms with Crippen molar-refractivity contribution in [3.63, 3.8) is 0 Å². The van der Waals surface area contributed by atoms with Crippen molar-refractivity contribution >= 4 is 11.9 Å². The van der Waals surface area contributed by atoms with Gasteiger partial charge in [0, 0.05) is 49.5 Å². The molecule has 0 radical (unpaired) electrons. The Morgan fingerprint density at radius 3 is 1.88 bits per heavy atom. The van der Waals surface area contributed by atoms with Crippen molar-refractivity contribution in [1.82, 2.24) is 0 Å². The molecule has 0 aromatic carbocycles. The van der Waals surface area contributed by atoms with Crippen LogP contribution in [0.2, 0.25) is 0 Å². The second kappa shape index (κ2) is 29.5. The summed E-state index contributed by atoms with van der Waals surface area (Å²) in [4.78, 5) is 24.8. The van der Waals surface area contributed by atoms with E-state index < -0.39 is 147 Å². The maximum Gasteiger partial charge on any atom is 0.330 e. The van der Waals surface area contributed by atoms with E-state index in [1.165, 1.54) is 13.2 Å². The standard InChI is InChI=1S/C50H77NO17/c1-30-18-16-14-12-10-8-6-7-9-11-13-15-17-19-37(67-49-48(62)45(51)47(61)33(4)66-49)27-42-38(21-23-43(58)64-5)41(57)29-50(63,68-42)28-36(54)25-40(56)39(55)22-20-34(52)24-35(53)26-44(59)65-32(3)31(2)46(30)60/h6-19,21,23,30-42,45-49,52-57,60-63H,20,22,24-29,51H2,1-5H3/b7-6?,10-8?,11-9?,14-12?,15-13?,18-16?,19-17?,23-21+/t30-,31-,32-,33+,34+,35+,36-,37-,38+,39+,40+,41-,42-,45-,46+,47+,48-,49-,50+/m0/s1. The first kappa shape index (κ1) is 58.6. The Bertz CT molecular complexity index is 1760. The van der Waals surface area contributed by atoms with Crippen LogP contribution in [0.5, 0.6) is 0 Å². The summed E-state index contributed by atoms with van der Waals surface area (Å²) >= 11 is 0.